The molecule has 6 rings (SSSR count). The van der Waals surface area contributed by atoms with Crippen LogP contribution in [-0.2, 0) is 17.7 Å². The van der Waals surface area contributed by atoms with E-state index < -0.39 is 12.4 Å². The van der Waals surface area contributed by atoms with E-state index in [-0.39, 0.29) is 18.0 Å². The van der Waals surface area contributed by atoms with Gasteiger partial charge in [0.2, 0.25) is 0 Å². The minimum Gasteiger partial charge on any atom is -0.496 e. The monoisotopic (exact) mass is 514 g/mol. The molecule has 3 fully saturated rings. The Kier molecular flexibility index (Phi) is 8.30. The molecule has 0 spiro atoms. The fraction of sp³-hybridized carbons (Fsp3) is 0.406. The standard InChI is InChI=1S/C32H38N2O4/c1-3-10-22-15-16-27(37-2)26(19-22)21-33-30-25-17-18-34(28(20-25)38-32(35)36)31(30)29(23-11-6-4-7-12-23)24-13-8-5-9-14-24/h4-9,11-16,19,25,28-31,33H,3,10,17-18,20-21H2,1-2H3,(H,35,36)/t25-,28?,30-,31-/m0/s1. The van der Waals surface area contributed by atoms with Crippen LogP contribution in [0, 0.1) is 5.92 Å². The maximum Gasteiger partial charge on any atom is 0.507 e. The molecule has 38 heavy (non-hydrogen) atoms. The normalized spacial score (nSPS) is 24.3. The number of benzene rings is 3. The van der Waals surface area contributed by atoms with E-state index >= 15 is 0 Å². The van der Waals surface area contributed by atoms with Crippen LogP contribution in [0.5, 0.6) is 5.75 Å². The highest BCUT2D eigenvalue weighted by molar-refractivity contribution is 5.57. The summed E-state index contributed by atoms with van der Waals surface area (Å²) in [5, 5.41) is 13.5. The number of rotatable bonds is 10. The molecule has 3 aliphatic rings. The summed E-state index contributed by atoms with van der Waals surface area (Å²) >= 11 is 0. The van der Waals surface area contributed by atoms with Crippen LogP contribution < -0.4 is 10.1 Å². The summed E-state index contributed by atoms with van der Waals surface area (Å²) in [7, 11) is 1.73. The van der Waals surface area contributed by atoms with Gasteiger partial charge in [-0.05, 0) is 41.5 Å². The first kappa shape index (κ1) is 26.3. The Hall–Kier alpha value is -3.35. The second-order valence-electron chi connectivity index (χ2n) is 10.5. The number of hydrogen-bond donors (Lipinski definition) is 2. The van der Waals surface area contributed by atoms with Gasteiger partial charge in [-0.3, -0.25) is 4.90 Å². The Bertz CT molecular complexity index is 1160. The summed E-state index contributed by atoms with van der Waals surface area (Å²) in [5.74, 6) is 1.25. The van der Waals surface area contributed by atoms with Crippen molar-refractivity contribution >= 4 is 6.16 Å². The van der Waals surface area contributed by atoms with Crippen molar-refractivity contribution in [3.63, 3.8) is 0 Å². The van der Waals surface area contributed by atoms with E-state index in [0.717, 1.165) is 37.1 Å². The second-order valence-corrected chi connectivity index (χ2v) is 10.5. The van der Waals surface area contributed by atoms with Crippen molar-refractivity contribution in [1.29, 1.82) is 0 Å². The van der Waals surface area contributed by atoms with Gasteiger partial charge in [0, 0.05) is 43.1 Å². The van der Waals surface area contributed by atoms with Gasteiger partial charge in [-0.25, -0.2) is 4.79 Å². The van der Waals surface area contributed by atoms with Crippen LogP contribution in [0.3, 0.4) is 0 Å². The van der Waals surface area contributed by atoms with Crippen LogP contribution in [0.15, 0.2) is 78.9 Å². The summed E-state index contributed by atoms with van der Waals surface area (Å²) in [5.41, 5.74) is 4.92. The molecular formula is C32H38N2O4. The zero-order valence-corrected chi connectivity index (χ0v) is 22.3. The Morgan fingerprint density at radius 3 is 2.34 bits per heavy atom. The van der Waals surface area contributed by atoms with Gasteiger partial charge < -0.3 is 19.9 Å². The molecule has 6 heteroatoms. The number of carbonyl (C=O) groups is 1. The summed E-state index contributed by atoms with van der Waals surface area (Å²) in [6, 6.07) is 27.8. The first-order chi connectivity index (χ1) is 18.6. The van der Waals surface area contributed by atoms with Gasteiger partial charge in [0.15, 0.2) is 6.23 Å². The molecule has 2 N–H and O–H groups in total. The summed E-state index contributed by atoms with van der Waals surface area (Å²) < 4.78 is 11.2. The van der Waals surface area contributed by atoms with Crippen molar-refractivity contribution in [2.75, 3.05) is 13.7 Å². The Labute approximate surface area is 225 Å². The van der Waals surface area contributed by atoms with E-state index in [1.165, 1.54) is 16.7 Å². The molecule has 200 valence electrons. The van der Waals surface area contributed by atoms with Crippen LogP contribution in [-0.4, -0.2) is 48.1 Å². The van der Waals surface area contributed by atoms with Crippen LogP contribution in [0.1, 0.15) is 54.4 Å². The molecule has 3 aliphatic heterocycles. The van der Waals surface area contributed by atoms with Gasteiger partial charge in [0.1, 0.15) is 5.75 Å². The van der Waals surface area contributed by atoms with Crippen LogP contribution in [0.25, 0.3) is 0 Å². The Morgan fingerprint density at radius 1 is 1.05 bits per heavy atom. The van der Waals surface area contributed by atoms with E-state index in [0.29, 0.717) is 18.9 Å². The van der Waals surface area contributed by atoms with Gasteiger partial charge in [-0.15, -0.1) is 0 Å². The second kappa shape index (κ2) is 12.0. The van der Waals surface area contributed by atoms with Crippen LogP contribution >= 0.6 is 0 Å². The number of hydrogen-bond acceptors (Lipinski definition) is 5. The van der Waals surface area contributed by atoms with Crippen molar-refractivity contribution in [1.82, 2.24) is 10.2 Å². The quantitative estimate of drug-likeness (QED) is 0.321. The molecule has 3 heterocycles. The fourth-order valence-corrected chi connectivity index (χ4v) is 6.59. The fourth-order valence-electron chi connectivity index (χ4n) is 6.59. The minimum absolute atomic E-state index is 0.0291. The first-order valence-corrected chi connectivity index (χ1v) is 13.7. The van der Waals surface area contributed by atoms with Crippen molar-refractivity contribution in [3.05, 3.63) is 101 Å². The largest absolute Gasteiger partial charge is 0.507 e. The molecule has 0 aromatic heterocycles. The van der Waals surface area contributed by atoms with Crippen molar-refractivity contribution < 1.29 is 19.4 Å². The highest BCUT2D eigenvalue weighted by Crippen LogP contribution is 2.45. The molecule has 0 aliphatic carbocycles. The third-order valence-electron chi connectivity index (χ3n) is 8.20. The summed E-state index contributed by atoms with van der Waals surface area (Å²) in [4.78, 5) is 13.9. The molecule has 0 saturated carbocycles. The third kappa shape index (κ3) is 5.57. The molecule has 3 saturated heterocycles. The van der Waals surface area contributed by atoms with Gasteiger partial charge in [-0.2, -0.15) is 0 Å². The number of nitrogens with one attached hydrogen (secondary N) is 1. The van der Waals surface area contributed by atoms with Gasteiger partial charge >= 0.3 is 6.16 Å². The molecule has 6 nitrogen and oxygen atoms in total. The third-order valence-corrected chi connectivity index (χ3v) is 8.20. The Balaban J connectivity index is 1.52. The SMILES string of the molecule is CCCc1ccc(OC)c(CN[C@H]2[C@H]3CCN(C(OC(=O)O)C3)[C@H]2C(c2ccccc2)c2ccccc2)c1. The van der Waals surface area contributed by atoms with Gasteiger partial charge in [0.05, 0.1) is 7.11 Å². The van der Waals surface area contributed by atoms with E-state index in [1.54, 1.807) is 7.11 Å². The highest BCUT2D eigenvalue weighted by Gasteiger charge is 2.51. The lowest BCUT2D eigenvalue weighted by Crippen LogP contribution is -2.68. The van der Waals surface area contributed by atoms with Crippen molar-refractivity contribution in [2.24, 2.45) is 5.92 Å². The highest BCUT2D eigenvalue weighted by atomic mass is 16.7. The average Bonchev–Trinajstić information content (AvgIpc) is 2.94. The van der Waals surface area contributed by atoms with Crippen molar-refractivity contribution in [3.8, 4) is 5.75 Å². The van der Waals surface area contributed by atoms with E-state index in [4.69, 9.17) is 9.47 Å². The molecular weight excluding hydrogens is 476 g/mol. The number of carboxylic acid groups (broad SMARTS) is 1. The minimum atomic E-state index is -1.21. The maximum absolute atomic E-state index is 11.6. The zero-order valence-electron chi connectivity index (χ0n) is 22.3. The number of piperidine rings is 3. The lowest BCUT2D eigenvalue weighted by atomic mass is 9.70. The number of aryl methyl sites for hydroxylation is 1. The zero-order chi connectivity index (χ0) is 26.5. The molecule has 3 aromatic carbocycles. The molecule has 0 radical (unpaired) electrons. The van der Waals surface area contributed by atoms with E-state index in [2.05, 4.69) is 83.9 Å². The van der Waals surface area contributed by atoms with Crippen LogP contribution in [0.4, 0.5) is 4.79 Å². The average molecular weight is 515 g/mol. The number of methoxy groups -OCH3 is 1. The Morgan fingerprint density at radius 2 is 1.74 bits per heavy atom. The van der Waals surface area contributed by atoms with E-state index in [9.17, 15) is 9.90 Å². The topological polar surface area (TPSA) is 71.0 Å². The van der Waals surface area contributed by atoms with E-state index in [1.807, 2.05) is 12.1 Å². The molecule has 5 atom stereocenters. The number of nitrogens with zero attached hydrogens (tertiary/aromatic N) is 1. The predicted octanol–water partition coefficient (Wildman–Crippen LogP) is 6.05. The lowest BCUT2D eigenvalue weighted by Gasteiger charge is -2.56. The number of fused-ring (bicyclic) bond motifs is 3. The summed E-state index contributed by atoms with van der Waals surface area (Å²) in [6.45, 7) is 3.70. The molecule has 0 amide bonds. The van der Waals surface area contributed by atoms with Crippen LogP contribution in [0.2, 0.25) is 0 Å². The molecule has 2 unspecified atom stereocenters. The molecule has 2 bridgehead atoms. The lowest BCUT2D eigenvalue weighted by molar-refractivity contribution is -0.139. The molecule has 3 aromatic rings. The first-order valence-electron chi connectivity index (χ1n) is 13.7. The summed E-state index contributed by atoms with van der Waals surface area (Å²) in [6.07, 6.45) is 2.20. The maximum atomic E-state index is 11.6. The predicted molar refractivity (Wildman–Crippen MR) is 148 cm³/mol. The van der Waals surface area contributed by atoms with Crippen molar-refractivity contribution in [2.45, 2.75) is 63.4 Å². The number of ether oxygens (including phenoxy) is 2. The van der Waals surface area contributed by atoms with Gasteiger partial charge in [0.25, 0.3) is 0 Å². The smallest absolute Gasteiger partial charge is 0.496 e. The van der Waals surface area contributed by atoms with Gasteiger partial charge in [-0.1, -0.05) is 86.1 Å².